The minimum atomic E-state index is 0.456. The van der Waals surface area contributed by atoms with Crippen molar-refractivity contribution in [1.29, 1.82) is 0 Å². The minimum absolute atomic E-state index is 0.456. The zero-order valence-electron chi connectivity index (χ0n) is 12.3. The summed E-state index contributed by atoms with van der Waals surface area (Å²) in [7, 11) is 0. The first-order valence-corrected chi connectivity index (χ1v) is 6.96. The van der Waals surface area contributed by atoms with Crippen LogP contribution >= 0.6 is 0 Å². The summed E-state index contributed by atoms with van der Waals surface area (Å²) in [6, 6.07) is 8.30. The van der Waals surface area contributed by atoms with Crippen molar-refractivity contribution in [3.63, 3.8) is 0 Å². The number of aromatic nitrogens is 2. The summed E-state index contributed by atoms with van der Waals surface area (Å²) in [6.07, 6.45) is 3.73. The van der Waals surface area contributed by atoms with Gasteiger partial charge in [-0.2, -0.15) is 0 Å². The van der Waals surface area contributed by atoms with Crippen LogP contribution < -0.4 is 10.1 Å². The Morgan fingerprint density at radius 3 is 2.60 bits per heavy atom. The lowest BCUT2D eigenvalue weighted by Gasteiger charge is -2.08. The van der Waals surface area contributed by atoms with Crippen molar-refractivity contribution in [3.8, 4) is 17.1 Å². The van der Waals surface area contributed by atoms with E-state index in [4.69, 9.17) is 4.74 Å². The van der Waals surface area contributed by atoms with Gasteiger partial charge in [-0.05, 0) is 19.1 Å². The molecule has 0 unspecified atom stereocenters. The smallest absolute Gasteiger partial charge is 0.159 e. The van der Waals surface area contributed by atoms with Crippen LogP contribution in [0.15, 0.2) is 36.7 Å². The molecule has 1 heterocycles. The van der Waals surface area contributed by atoms with Crippen molar-refractivity contribution in [3.05, 3.63) is 42.2 Å². The van der Waals surface area contributed by atoms with E-state index in [2.05, 4.69) is 29.1 Å². The first kappa shape index (κ1) is 14.5. The van der Waals surface area contributed by atoms with Crippen LogP contribution in [-0.4, -0.2) is 22.6 Å². The highest BCUT2D eigenvalue weighted by atomic mass is 16.5. The fraction of sp³-hybridized carbons (Fsp3) is 0.375. The van der Waals surface area contributed by atoms with Gasteiger partial charge in [0.05, 0.1) is 6.61 Å². The molecule has 0 aliphatic heterocycles. The van der Waals surface area contributed by atoms with Crippen LogP contribution in [0.2, 0.25) is 0 Å². The van der Waals surface area contributed by atoms with Gasteiger partial charge < -0.3 is 10.1 Å². The number of hydrogen-bond donors (Lipinski definition) is 1. The molecule has 0 saturated carbocycles. The van der Waals surface area contributed by atoms with Gasteiger partial charge in [-0.3, -0.25) is 0 Å². The second-order valence-corrected chi connectivity index (χ2v) is 4.91. The fourth-order valence-electron chi connectivity index (χ4n) is 1.81. The highest BCUT2D eigenvalue weighted by Crippen LogP contribution is 2.20. The van der Waals surface area contributed by atoms with E-state index in [0.29, 0.717) is 12.6 Å². The average molecular weight is 271 g/mol. The van der Waals surface area contributed by atoms with Gasteiger partial charge in [0, 0.05) is 36.1 Å². The van der Waals surface area contributed by atoms with Crippen LogP contribution in [0.3, 0.4) is 0 Å². The summed E-state index contributed by atoms with van der Waals surface area (Å²) < 4.78 is 5.49. The number of nitrogens with one attached hydrogen (secondary N) is 1. The van der Waals surface area contributed by atoms with Crippen LogP contribution in [0.25, 0.3) is 11.4 Å². The molecule has 2 aromatic rings. The molecule has 1 aromatic heterocycles. The Balaban J connectivity index is 2.11. The van der Waals surface area contributed by atoms with Gasteiger partial charge in [0.1, 0.15) is 5.75 Å². The quantitative estimate of drug-likeness (QED) is 0.877. The maximum atomic E-state index is 5.49. The van der Waals surface area contributed by atoms with Crippen LogP contribution in [-0.2, 0) is 6.54 Å². The van der Waals surface area contributed by atoms with Crippen LogP contribution in [0.1, 0.15) is 26.3 Å². The zero-order chi connectivity index (χ0) is 14.4. The maximum absolute atomic E-state index is 5.49. The summed E-state index contributed by atoms with van der Waals surface area (Å²) in [5.74, 6) is 1.57. The molecule has 0 bridgehead atoms. The highest BCUT2D eigenvalue weighted by Gasteiger charge is 2.03. The Morgan fingerprint density at radius 1 is 1.20 bits per heavy atom. The highest BCUT2D eigenvalue weighted by molar-refractivity contribution is 5.57. The van der Waals surface area contributed by atoms with E-state index in [0.717, 1.165) is 29.2 Å². The average Bonchev–Trinajstić information content (AvgIpc) is 2.46. The molecule has 1 aromatic carbocycles. The lowest BCUT2D eigenvalue weighted by molar-refractivity contribution is 0.340. The summed E-state index contributed by atoms with van der Waals surface area (Å²) in [6.45, 7) is 7.66. The van der Waals surface area contributed by atoms with Crippen molar-refractivity contribution in [2.75, 3.05) is 6.61 Å². The molecule has 0 fully saturated rings. The third-order valence-electron chi connectivity index (χ3n) is 2.82. The Morgan fingerprint density at radius 2 is 1.95 bits per heavy atom. The zero-order valence-corrected chi connectivity index (χ0v) is 12.3. The summed E-state index contributed by atoms with van der Waals surface area (Å²) in [5, 5.41) is 3.35. The van der Waals surface area contributed by atoms with E-state index in [1.807, 2.05) is 43.6 Å². The first-order chi connectivity index (χ1) is 9.69. The van der Waals surface area contributed by atoms with Crippen molar-refractivity contribution in [2.24, 2.45) is 0 Å². The lowest BCUT2D eigenvalue weighted by atomic mass is 10.2. The molecule has 0 spiro atoms. The van der Waals surface area contributed by atoms with Crippen molar-refractivity contribution >= 4 is 0 Å². The predicted molar refractivity (Wildman–Crippen MR) is 80.6 cm³/mol. The first-order valence-electron chi connectivity index (χ1n) is 6.96. The predicted octanol–water partition coefficient (Wildman–Crippen LogP) is 3.04. The molecule has 4 nitrogen and oxygen atoms in total. The normalized spacial score (nSPS) is 10.8. The minimum Gasteiger partial charge on any atom is -0.494 e. The molecule has 0 radical (unpaired) electrons. The fourth-order valence-corrected chi connectivity index (χ4v) is 1.81. The van der Waals surface area contributed by atoms with Crippen LogP contribution in [0.4, 0.5) is 0 Å². The largest absolute Gasteiger partial charge is 0.494 e. The second kappa shape index (κ2) is 7.01. The third-order valence-corrected chi connectivity index (χ3v) is 2.82. The van der Waals surface area contributed by atoms with Gasteiger partial charge in [0.2, 0.25) is 0 Å². The number of ether oxygens (including phenoxy) is 1. The van der Waals surface area contributed by atoms with Gasteiger partial charge in [-0.1, -0.05) is 26.0 Å². The molecule has 0 amide bonds. The van der Waals surface area contributed by atoms with E-state index < -0.39 is 0 Å². The second-order valence-electron chi connectivity index (χ2n) is 4.91. The van der Waals surface area contributed by atoms with Gasteiger partial charge in [-0.25, -0.2) is 9.97 Å². The summed E-state index contributed by atoms with van der Waals surface area (Å²) in [4.78, 5) is 8.84. The van der Waals surface area contributed by atoms with Gasteiger partial charge >= 0.3 is 0 Å². The standard InChI is InChI=1S/C16H21N3O/c1-4-20-15-7-5-6-14(8-15)16-18-10-13(11-19-16)9-17-12(2)3/h5-8,10-12,17H,4,9H2,1-3H3. The number of hydrogen-bond acceptors (Lipinski definition) is 4. The maximum Gasteiger partial charge on any atom is 0.159 e. The third kappa shape index (κ3) is 4.03. The molecule has 20 heavy (non-hydrogen) atoms. The molecule has 4 heteroatoms. The number of benzene rings is 1. The van der Waals surface area contributed by atoms with E-state index in [1.54, 1.807) is 0 Å². The Bertz CT molecular complexity index is 538. The molecule has 0 aliphatic carbocycles. The van der Waals surface area contributed by atoms with E-state index in [9.17, 15) is 0 Å². The summed E-state index contributed by atoms with van der Waals surface area (Å²) >= 11 is 0. The Labute approximate surface area is 120 Å². The molecule has 1 N–H and O–H groups in total. The van der Waals surface area contributed by atoms with Crippen LogP contribution in [0, 0.1) is 0 Å². The molecule has 106 valence electrons. The number of rotatable bonds is 6. The van der Waals surface area contributed by atoms with Crippen molar-refractivity contribution in [2.45, 2.75) is 33.4 Å². The SMILES string of the molecule is CCOc1cccc(-c2ncc(CNC(C)C)cn2)c1. The van der Waals surface area contributed by atoms with Gasteiger partial charge in [-0.15, -0.1) is 0 Å². The summed E-state index contributed by atoms with van der Waals surface area (Å²) in [5.41, 5.74) is 2.06. The Kier molecular flexibility index (Phi) is 5.07. The lowest BCUT2D eigenvalue weighted by Crippen LogP contribution is -2.21. The molecule has 0 saturated heterocycles. The van der Waals surface area contributed by atoms with E-state index in [-0.39, 0.29) is 0 Å². The number of nitrogens with zero attached hydrogens (tertiary/aromatic N) is 2. The van der Waals surface area contributed by atoms with E-state index in [1.165, 1.54) is 0 Å². The molecular weight excluding hydrogens is 250 g/mol. The molecular formula is C16H21N3O. The molecule has 0 aliphatic rings. The van der Waals surface area contributed by atoms with Gasteiger partial charge in [0.25, 0.3) is 0 Å². The monoisotopic (exact) mass is 271 g/mol. The Hall–Kier alpha value is -1.94. The van der Waals surface area contributed by atoms with Crippen molar-refractivity contribution < 1.29 is 4.74 Å². The van der Waals surface area contributed by atoms with Gasteiger partial charge in [0.15, 0.2) is 5.82 Å². The van der Waals surface area contributed by atoms with E-state index >= 15 is 0 Å². The van der Waals surface area contributed by atoms with Crippen molar-refractivity contribution in [1.82, 2.24) is 15.3 Å². The molecule has 2 rings (SSSR count). The van der Waals surface area contributed by atoms with Crippen LogP contribution in [0.5, 0.6) is 5.75 Å². The molecule has 0 atom stereocenters. The topological polar surface area (TPSA) is 47.0 Å².